The Morgan fingerprint density at radius 3 is 3.11 bits per heavy atom. The SMILES string of the molecule is CNC1CCCN(Cc2cccc(C#N)c2)C1=O. The quantitative estimate of drug-likeness (QED) is 0.869. The Labute approximate surface area is 107 Å². The second kappa shape index (κ2) is 5.65. The molecule has 1 aliphatic heterocycles. The van der Waals surface area contributed by atoms with Crippen LogP contribution in [0.2, 0.25) is 0 Å². The molecule has 1 aromatic rings. The summed E-state index contributed by atoms with van der Waals surface area (Å²) in [6, 6.07) is 9.50. The van der Waals surface area contributed by atoms with Crippen molar-refractivity contribution in [3.63, 3.8) is 0 Å². The molecule has 0 bridgehead atoms. The van der Waals surface area contributed by atoms with E-state index in [2.05, 4.69) is 11.4 Å². The molecule has 94 valence electrons. The molecule has 2 rings (SSSR count). The number of benzene rings is 1. The molecule has 1 aliphatic rings. The van der Waals surface area contributed by atoms with Gasteiger partial charge in [0.1, 0.15) is 0 Å². The number of nitrogens with zero attached hydrogens (tertiary/aromatic N) is 2. The maximum absolute atomic E-state index is 12.1. The van der Waals surface area contributed by atoms with E-state index in [-0.39, 0.29) is 11.9 Å². The van der Waals surface area contributed by atoms with E-state index in [0.717, 1.165) is 24.9 Å². The van der Waals surface area contributed by atoms with Crippen molar-refractivity contribution in [2.24, 2.45) is 0 Å². The molecule has 4 heteroatoms. The summed E-state index contributed by atoms with van der Waals surface area (Å²) in [6.07, 6.45) is 1.93. The first kappa shape index (κ1) is 12.6. The molecular weight excluding hydrogens is 226 g/mol. The average Bonchev–Trinajstić information content (AvgIpc) is 2.41. The third-order valence-electron chi connectivity index (χ3n) is 3.31. The lowest BCUT2D eigenvalue weighted by Crippen LogP contribution is -2.49. The van der Waals surface area contributed by atoms with Crippen LogP contribution in [0.15, 0.2) is 24.3 Å². The molecule has 0 saturated carbocycles. The Balaban J connectivity index is 2.08. The Morgan fingerprint density at radius 1 is 1.56 bits per heavy atom. The normalized spacial score (nSPS) is 19.7. The van der Waals surface area contributed by atoms with Gasteiger partial charge in [-0.3, -0.25) is 4.79 Å². The molecule has 1 N–H and O–H groups in total. The molecule has 0 spiro atoms. The van der Waals surface area contributed by atoms with Gasteiger partial charge < -0.3 is 10.2 Å². The average molecular weight is 243 g/mol. The smallest absolute Gasteiger partial charge is 0.239 e. The van der Waals surface area contributed by atoms with Crippen molar-refractivity contribution in [3.05, 3.63) is 35.4 Å². The Bertz CT molecular complexity index is 478. The Kier molecular flexibility index (Phi) is 3.96. The molecule has 0 aliphatic carbocycles. The van der Waals surface area contributed by atoms with Crippen LogP contribution in [0.4, 0.5) is 0 Å². The first-order chi connectivity index (χ1) is 8.74. The lowest BCUT2D eigenvalue weighted by atomic mass is 10.0. The van der Waals surface area contributed by atoms with Crippen molar-refractivity contribution in [3.8, 4) is 6.07 Å². The summed E-state index contributed by atoms with van der Waals surface area (Å²) in [6.45, 7) is 1.39. The van der Waals surface area contributed by atoms with Crippen LogP contribution in [0, 0.1) is 11.3 Å². The fourth-order valence-corrected chi connectivity index (χ4v) is 2.32. The van der Waals surface area contributed by atoms with Crippen LogP contribution in [0.5, 0.6) is 0 Å². The highest BCUT2D eigenvalue weighted by molar-refractivity contribution is 5.82. The summed E-state index contributed by atoms with van der Waals surface area (Å²) in [4.78, 5) is 14.0. The zero-order chi connectivity index (χ0) is 13.0. The maximum atomic E-state index is 12.1. The second-order valence-corrected chi connectivity index (χ2v) is 4.56. The molecule has 1 atom stereocenters. The summed E-state index contributed by atoms with van der Waals surface area (Å²) in [5.41, 5.74) is 1.65. The molecule has 4 nitrogen and oxygen atoms in total. The monoisotopic (exact) mass is 243 g/mol. The van der Waals surface area contributed by atoms with Gasteiger partial charge in [0.25, 0.3) is 0 Å². The number of likely N-dealkylation sites (tertiary alicyclic amines) is 1. The van der Waals surface area contributed by atoms with E-state index in [1.165, 1.54) is 0 Å². The number of likely N-dealkylation sites (N-methyl/N-ethyl adjacent to an activating group) is 1. The third kappa shape index (κ3) is 2.69. The summed E-state index contributed by atoms with van der Waals surface area (Å²) in [5.74, 6) is 0.158. The number of hydrogen-bond donors (Lipinski definition) is 1. The lowest BCUT2D eigenvalue weighted by molar-refractivity contribution is -0.136. The van der Waals surface area contributed by atoms with E-state index in [1.54, 1.807) is 6.07 Å². The van der Waals surface area contributed by atoms with Crippen molar-refractivity contribution in [1.82, 2.24) is 10.2 Å². The molecule has 1 aromatic carbocycles. The van der Waals surface area contributed by atoms with Gasteiger partial charge in [0.05, 0.1) is 17.7 Å². The summed E-state index contributed by atoms with van der Waals surface area (Å²) < 4.78 is 0. The van der Waals surface area contributed by atoms with E-state index in [9.17, 15) is 4.79 Å². The molecule has 1 unspecified atom stereocenters. The number of carbonyl (C=O) groups is 1. The first-order valence-electron chi connectivity index (χ1n) is 6.19. The molecule has 1 fully saturated rings. The van der Waals surface area contributed by atoms with E-state index >= 15 is 0 Å². The van der Waals surface area contributed by atoms with Gasteiger partial charge in [-0.05, 0) is 37.6 Å². The summed E-state index contributed by atoms with van der Waals surface area (Å²) in [7, 11) is 1.82. The highest BCUT2D eigenvalue weighted by Gasteiger charge is 2.27. The highest BCUT2D eigenvalue weighted by atomic mass is 16.2. The van der Waals surface area contributed by atoms with Gasteiger partial charge in [0.2, 0.25) is 5.91 Å². The van der Waals surface area contributed by atoms with E-state index in [4.69, 9.17) is 5.26 Å². The molecule has 18 heavy (non-hydrogen) atoms. The van der Waals surface area contributed by atoms with Crippen molar-refractivity contribution >= 4 is 5.91 Å². The Morgan fingerprint density at radius 2 is 2.39 bits per heavy atom. The van der Waals surface area contributed by atoms with Gasteiger partial charge in [-0.1, -0.05) is 12.1 Å². The molecule has 1 amide bonds. The predicted molar refractivity (Wildman–Crippen MR) is 68.7 cm³/mol. The van der Waals surface area contributed by atoms with E-state index < -0.39 is 0 Å². The topological polar surface area (TPSA) is 56.1 Å². The molecule has 0 radical (unpaired) electrons. The van der Waals surface area contributed by atoms with Gasteiger partial charge in [-0.15, -0.1) is 0 Å². The van der Waals surface area contributed by atoms with Gasteiger partial charge in [-0.25, -0.2) is 0 Å². The summed E-state index contributed by atoms with van der Waals surface area (Å²) in [5, 5.41) is 11.9. The lowest BCUT2D eigenvalue weighted by Gasteiger charge is -2.32. The van der Waals surface area contributed by atoms with Crippen LogP contribution in [0.1, 0.15) is 24.0 Å². The van der Waals surface area contributed by atoms with Gasteiger partial charge in [0.15, 0.2) is 0 Å². The van der Waals surface area contributed by atoms with Crippen molar-refractivity contribution in [2.45, 2.75) is 25.4 Å². The minimum atomic E-state index is -0.0575. The number of nitrogens with one attached hydrogen (secondary N) is 1. The Hall–Kier alpha value is -1.86. The molecular formula is C14H17N3O. The van der Waals surface area contributed by atoms with Gasteiger partial charge >= 0.3 is 0 Å². The van der Waals surface area contributed by atoms with Crippen LogP contribution < -0.4 is 5.32 Å². The highest BCUT2D eigenvalue weighted by Crippen LogP contribution is 2.15. The minimum absolute atomic E-state index is 0.0575. The number of amides is 1. The second-order valence-electron chi connectivity index (χ2n) is 4.56. The van der Waals surface area contributed by atoms with Crippen LogP contribution >= 0.6 is 0 Å². The fraction of sp³-hybridized carbons (Fsp3) is 0.429. The summed E-state index contributed by atoms with van der Waals surface area (Å²) >= 11 is 0. The fourth-order valence-electron chi connectivity index (χ4n) is 2.32. The van der Waals surface area contributed by atoms with Crippen LogP contribution in [-0.2, 0) is 11.3 Å². The predicted octanol–water partition coefficient (Wildman–Crippen LogP) is 1.27. The van der Waals surface area contributed by atoms with Gasteiger partial charge in [0, 0.05) is 13.1 Å². The molecule has 1 heterocycles. The van der Waals surface area contributed by atoms with Crippen LogP contribution in [0.25, 0.3) is 0 Å². The minimum Gasteiger partial charge on any atom is -0.337 e. The molecule has 1 saturated heterocycles. The number of carbonyl (C=O) groups excluding carboxylic acids is 1. The zero-order valence-electron chi connectivity index (χ0n) is 10.5. The van der Waals surface area contributed by atoms with Crippen molar-refractivity contribution in [1.29, 1.82) is 5.26 Å². The van der Waals surface area contributed by atoms with Crippen molar-refractivity contribution < 1.29 is 4.79 Å². The number of nitriles is 1. The van der Waals surface area contributed by atoms with Crippen molar-refractivity contribution in [2.75, 3.05) is 13.6 Å². The van der Waals surface area contributed by atoms with Crippen LogP contribution in [-0.4, -0.2) is 30.4 Å². The molecule has 0 aromatic heterocycles. The van der Waals surface area contributed by atoms with E-state index in [1.807, 2.05) is 30.1 Å². The number of hydrogen-bond acceptors (Lipinski definition) is 3. The first-order valence-corrected chi connectivity index (χ1v) is 6.19. The standard InChI is InChI=1S/C14H17N3O/c1-16-13-6-3-7-17(14(13)18)10-12-5-2-4-11(8-12)9-15/h2,4-5,8,13,16H,3,6-7,10H2,1H3. The number of piperidine rings is 1. The number of rotatable bonds is 3. The largest absolute Gasteiger partial charge is 0.337 e. The van der Waals surface area contributed by atoms with Gasteiger partial charge in [-0.2, -0.15) is 5.26 Å². The maximum Gasteiger partial charge on any atom is 0.239 e. The third-order valence-corrected chi connectivity index (χ3v) is 3.31. The van der Waals surface area contributed by atoms with Crippen LogP contribution in [0.3, 0.4) is 0 Å². The van der Waals surface area contributed by atoms with E-state index in [0.29, 0.717) is 12.1 Å². The zero-order valence-corrected chi connectivity index (χ0v) is 10.5.